The quantitative estimate of drug-likeness (QED) is 0.733. The fourth-order valence-electron chi connectivity index (χ4n) is 4.07. The van der Waals surface area contributed by atoms with Crippen molar-refractivity contribution in [3.63, 3.8) is 0 Å². The summed E-state index contributed by atoms with van der Waals surface area (Å²) in [6, 6.07) is 0.494. The molecule has 21 heavy (non-hydrogen) atoms. The first-order chi connectivity index (χ1) is 9.98. The van der Waals surface area contributed by atoms with E-state index in [0.717, 1.165) is 25.8 Å². The van der Waals surface area contributed by atoms with E-state index in [1.54, 1.807) is 0 Å². The van der Waals surface area contributed by atoms with Crippen molar-refractivity contribution in [2.24, 2.45) is 5.41 Å². The molecule has 0 radical (unpaired) electrons. The molecule has 0 aromatic rings. The third-order valence-corrected chi connectivity index (χ3v) is 5.19. The summed E-state index contributed by atoms with van der Waals surface area (Å²) < 4.78 is 42.4. The summed E-state index contributed by atoms with van der Waals surface area (Å²) in [5.74, 6) is 0. The largest absolute Gasteiger partial charge is 0.389 e. The fraction of sp³-hybridized carbons (Fsp3) is 1.00. The highest BCUT2D eigenvalue weighted by molar-refractivity contribution is 5.08. The molecule has 2 aliphatic rings. The molecule has 2 unspecified atom stereocenters. The van der Waals surface area contributed by atoms with Crippen LogP contribution >= 0.6 is 0 Å². The normalized spacial score (nSPS) is 29.1. The molecule has 2 atom stereocenters. The van der Waals surface area contributed by atoms with E-state index in [-0.39, 0.29) is 24.5 Å². The number of ether oxygens (including phenoxy) is 1. The maximum atomic E-state index is 12.2. The van der Waals surface area contributed by atoms with Gasteiger partial charge in [0.1, 0.15) is 0 Å². The Morgan fingerprint density at radius 1 is 1.14 bits per heavy atom. The minimum atomic E-state index is -4.06. The molecular formula is C16H28F3NO. The van der Waals surface area contributed by atoms with Crippen molar-refractivity contribution < 1.29 is 17.9 Å². The van der Waals surface area contributed by atoms with Crippen molar-refractivity contribution in [3.8, 4) is 0 Å². The number of rotatable bonds is 6. The van der Waals surface area contributed by atoms with E-state index in [1.807, 2.05) is 0 Å². The van der Waals surface area contributed by atoms with Crippen LogP contribution in [0.3, 0.4) is 0 Å². The van der Waals surface area contributed by atoms with E-state index in [9.17, 15) is 13.2 Å². The van der Waals surface area contributed by atoms with E-state index >= 15 is 0 Å². The average molecular weight is 307 g/mol. The van der Waals surface area contributed by atoms with Crippen molar-refractivity contribution in [3.05, 3.63) is 0 Å². The molecule has 2 saturated carbocycles. The molecule has 2 rings (SSSR count). The second-order valence-electron chi connectivity index (χ2n) is 6.57. The summed E-state index contributed by atoms with van der Waals surface area (Å²) in [4.78, 5) is 0. The van der Waals surface area contributed by atoms with E-state index < -0.39 is 12.6 Å². The monoisotopic (exact) mass is 307 g/mol. The standard InChI is InChI=1S/C16H28F3NO/c1-2-20-13-12-14(21-11-7-10-16(17,18)19)15(13)8-5-3-4-6-9-15/h13-14,20H,2-12H2,1H3. The lowest BCUT2D eigenvalue weighted by Crippen LogP contribution is -2.63. The van der Waals surface area contributed by atoms with Gasteiger partial charge in [-0.05, 0) is 32.2 Å². The zero-order valence-corrected chi connectivity index (χ0v) is 13.0. The third-order valence-electron chi connectivity index (χ3n) is 5.19. The molecule has 1 spiro atoms. The Bertz CT molecular complexity index is 311. The average Bonchev–Trinajstić information content (AvgIpc) is 2.67. The predicted octanol–water partition coefficient (Wildman–Crippen LogP) is 4.44. The van der Waals surface area contributed by atoms with E-state index in [0.29, 0.717) is 6.04 Å². The molecule has 5 heteroatoms. The summed E-state index contributed by atoms with van der Waals surface area (Å²) in [6.45, 7) is 3.31. The smallest absolute Gasteiger partial charge is 0.378 e. The van der Waals surface area contributed by atoms with Gasteiger partial charge >= 0.3 is 6.18 Å². The van der Waals surface area contributed by atoms with Crippen LogP contribution in [0.4, 0.5) is 13.2 Å². The molecule has 2 fully saturated rings. The molecule has 0 aliphatic heterocycles. The van der Waals surface area contributed by atoms with Crippen molar-refractivity contribution in [2.75, 3.05) is 13.2 Å². The van der Waals surface area contributed by atoms with Crippen molar-refractivity contribution >= 4 is 0 Å². The van der Waals surface area contributed by atoms with Crippen LogP contribution in [-0.4, -0.2) is 31.5 Å². The maximum Gasteiger partial charge on any atom is 0.389 e. The van der Waals surface area contributed by atoms with Gasteiger partial charge in [-0.3, -0.25) is 0 Å². The highest BCUT2D eigenvalue weighted by atomic mass is 19.4. The lowest BCUT2D eigenvalue weighted by atomic mass is 9.57. The van der Waals surface area contributed by atoms with E-state index in [1.165, 1.54) is 25.7 Å². The van der Waals surface area contributed by atoms with Gasteiger partial charge in [-0.15, -0.1) is 0 Å². The third kappa shape index (κ3) is 4.35. The number of nitrogens with one attached hydrogen (secondary N) is 1. The van der Waals surface area contributed by atoms with Crippen LogP contribution in [0, 0.1) is 5.41 Å². The van der Waals surface area contributed by atoms with Crippen LogP contribution in [0.25, 0.3) is 0 Å². The Balaban J connectivity index is 1.84. The second kappa shape index (κ2) is 7.32. The van der Waals surface area contributed by atoms with Gasteiger partial charge in [0.15, 0.2) is 0 Å². The highest BCUT2D eigenvalue weighted by Gasteiger charge is 2.54. The van der Waals surface area contributed by atoms with Crippen molar-refractivity contribution in [1.29, 1.82) is 0 Å². The zero-order chi connectivity index (χ0) is 15.3. The molecule has 1 N–H and O–H groups in total. The van der Waals surface area contributed by atoms with E-state index in [2.05, 4.69) is 12.2 Å². The zero-order valence-electron chi connectivity index (χ0n) is 13.0. The van der Waals surface area contributed by atoms with Gasteiger partial charge in [0.25, 0.3) is 0 Å². The molecule has 0 saturated heterocycles. The maximum absolute atomic E-state index is 12.2. The first-order valence-electron chi connectivity index (χ1n) is 8.40. The number of hydrogen-bond donors (Lipinski definition) is 1. The fourth-order valence-corrected chi connectivity index (χ4v) is 4.07. The summed E-state index contributed by atoms with van der Waals surface area (Å²) >= 11 is 0. The van der Waals surface area contributed by atoms with E-state index in [4.69, 9.17) is 4.74 Å². The van der Waals surface area contributed by atoms with Gasteiger partial charge in [0, 0.05) is 24.5 Å². The Hall–Kier alpha value is -0.290. The summed E-state index contributed by atoms with van der Waals surface area (Å²) in [7, 11) is 0. The molecule has 2 nitrogen and oxygen atoms in total. The number of hydrogen-bond acceptors (Lipinski definition) is 2. The SMILES string of the molecule is CCNC1CC(OCCCC(F)(F)F)C12CCCCCC2. The Kier molecular flexibility index (Phi) is 5.95. The summed E-state index contributed by atoms with van der Waals surface area (Å²) in [5, 5.41) is 3.55. The molecule has 2 aliphatic carbocycles. The van der Waals surface area contributed by atoms with Gasteiger partial charge < -0.3 is 10.1 Å². The molecule has 124 valence electrons. The number of alkyl halides is 3. The van der Waals surface area contributed by atoms with Gasteiger partial charge in [-0.1, -0.05) is 32.6 Å². The summed E-state index contributed by atoms with van der Waals surface area (Å²) in [5.41, 5.74) is 0.185. The van der Waals surface area contributed by atoms with Crippen LogP contribution in [0.15, 0.2) is 0 Å². The van der Waals surface area contributed by atoms with Gasteiger partial charge in [0.05, 0.1) is 6.10 Å². The predicted molar refractivity (Wildman–Crippen MR) is 77.2 cm³/mol. The minimum absolute atomic E-state index is 0.0853. The Morgan fingerprint density at radius 3 is 2.38 bits per heavy atom. The first-order valence-corrected chi connectivity index (χ1v) is 8.40. The molecule has 0 bridgehead atoms. The van der Waals surface area contributed by atoms with Crippen molar-refractivity contribution in [1.82, 2.24) is 5.32 Å². The minimum Gasteiger partial charge on any atom is -0.378 e. The van der Waals surface area contributed by atoms with Crippen LogP contribution in [0.2, 0.25) is 0 Å². The van der Waals surface area contributed by atoms with Crippen molar-refractivity contribution in [2.45, 2.75) is 83.0 Å². The van der Waals surface area contributed by atoms with Crippen LogP contribution in [0.5, 0.6) is 0 Å². The highest BCUT2D eigenvalue weighted by Crippen LogP contribution is 2.52. The molecular weight excluding hydrogens is 279 g/mol. The lowest BCUT2D eigenvalue weighted by molar-refractivity contribution is -0.159. The topological polar surface area (TPSA) is 21.3 Å². The molecule has 0 aromatic carbocycles. The lowest BCUT2D eigenvalue weighted by Gasteiger charge is -2.56. The van der Waals surface area contributed by atoms with Gasteiger partial charge in [-0.25, -0.2) is 0 Å². The van der Waals surface area contributed by atoms with Crippen LogP contribution < -0.4 is 5.32 Å². The Morgan fingerprint density at radius 2 is 1.81 bits per heavy atom. The second-order valence-corrected chi connectivity index (χ2v) is 6.57. The van der Waals surface area contributed by atoms with Gasteiger partial charge in [0.2, 0.25) is 0 Å². The Labute approximate surface area is 125 Å². The van der Waals surface area contributed by atoms with Crippen LogP contribution in [0.1, 0.15) is 64.7 Å². The van der Waals surface area contributed by atoms with Gasteiger partial charge in [-0.2, -0.15) is 13.2 Å². The molecule has 0 heterocycles. The molecule has 0 amide bonds. The first kappa shape index (κ1) is 17.1. The number of halogens is 3. The van der Waals surface area contributed by atoms with Crippen LogP contribution in [-0.2, 0) is 4.74 Å². The summed E-state index contributed by atoms with van der Waals surface area (Å²) in [6.07, 6.45) is 3.74. The molecule has 0 aromatic heterocycles.